The molecule has 31 heavy (non-hydrogen) atoms. The van der Waals surface area contributed by atoms with E-state index in [-0.39, 0.29) is 11.9 Å². The zero-order valence-corrected chi connectivity index (χ0v) is 18.9. The van der Waals surface area contributed by atoms with E-state index in [0.717, 1.165) is 44.4 Å². The summed E-state index contributed by atoms with van der Waals surface area (Å²) in [5, 5.41) is 4.73. The van der Waals surface area contributed by atoms with E-state index in [2.05, 4.69) is 17.4 Å². The smallest absolute Gasteiger partial charge is 0.252 e. The number of aryl methyl sites for hydroxylation is 2. The lowest BCUT2D eigenvalue weighted by Gasteiger charge is -2.19. The van der Waals surface area contributed by atoms with Gasteiger partial charge in [0.2, 0.25) is 0 Å². The van der Waals surface area contributed by atoms with E-state index < -0.39 is 0 Å². The molecular formula is C27H25ClN2O. The second-order valence-electron chi connectivity index (χ2n) is 8.05. The largest absolute Gasteiger partial charge is 0.345 e. The number of fused-ring (bicyclic) bond motifs is 1. The van der Waals surface area contributed by atoms with E-state index in [9.17, 15) is 4.79 Å². The molecule has 4 rings (SSSR count). The molecule has 1 N–H and O–H groups in total. The van der Waals surface area contributed by atoms with Crippen molar-refractivity contribution in [3.63, 3.8) is 0 Å². The normalized spacial score (nSPS) is 12.0. The minimum absolute atomic E-state index is 0.0959. The molecule has 0 bridgehead atoms. The summed E-state index contributed by atoms with van der Waals surface area (Å²) in [4.78, 5) is 18.5. The van der Waals surface area contributed by atoms with Crippen LogP contribution in [0.15, 0.2) is 66.7 Å². The lowest BCUT2D eigenvalue weighted by molar-refractivity contribution is 0.0941. The van der Waals surface area contributed by atoms with Crippen LogP contribution in [-0.2, 0) is 0 Å². The Morgan fingerprint density at radius 2 is 1.65 bits per heavy atom. The van der Waals surface area contributed by atoms with Crippen molar-refractivity contribution in [2.24, 2.45) is 0 Å². The number of carbonyl (C=O) groups excluding carboxylic acids is 1. The first-order chi connectivity index (χ1) is 14.8. The summed E-state index contributed by atoms with van der Waals surface area (Å²) in [7, 11) is 0. The molecule has 0 aliphatic rings. The second-order valence-corrected chi connectivity index (χ2v) is 8.49. The summed E-state index contributed by atoms with van der Waals surface area (Å²) < 4.78 is 0. The molecule has 0 saturated carbocycles. The number of aromatic nitrogens is 1. The molecule has 0 aliphatic heterocycles. The molecule has 1 amide bonds. The molecule has 1 atom stereocenters. The van der Waals surface area contributed by atoms with Crippen molar-refractivity contribution in [3.8, 4) is 11.3 Å². The quantitative estimate of drug-likeness (QED) is 0.381. The number of nitrogens with zero attached hydrogens (tertiary/aromatic N) is 1. The van der Waals surface area contributed by atoms with Crippen LogP contribution in [-0.4, -0.2) is 10.9 Å². The lowest BCUT2D eigenvalue weighted by atomic mass is 9.94. The maximum absolute atomic E-state index is 13.6. The molecule has 4 heteroatoms. The van der Waals surface area contributed by atoms with Crippen LogP contribution in [0.1, 0.15) is 45.6 Å². The molecule has 3 nitrogen and oxygen atoms in total. The molecule has 0 radical (unpaired) electrons. The van der Waals surface area contributed by atoms with Crippen molar-refractivity contribution in [2.45, 2.75) is 33.7 Å². The molecule has 1 unspecified atom stereocenters. The highest BCUT2D eigenvalue weighted by molar-refractivity contribution is 6.30. The fraction of sp³-hybridized carbons (Fsp3) is 0.185. The Morgan fingerprint density at radius 1 is 0.968 bits per heavy atom. The minimum atomic E-state index is -0.110. The van der Waals surface area contributed by atoms with Crippen molar-refractivity contribution in [1.29, 1.82) is 0 Å². The van der Waals surface area contributed by atoms with Crippen LogP contribution in [0.5, 0.6) is 0 Å². The summed E-state index contributed by atoms with van der Waals surface area (Å²) in [5.74, 6) is -0.0959. The third-order valence-electron chi connectivity index (χ3n) is 5.66. The van der Waals surface area contributed by atoms with Gasteiger partial charge in [0.25, 0.3) is 5.91 Å². The number of rotatable bonds is 4. The number of hydrogen-bond donors (Lipinski definition) is 1. The fourth-order valence-electron chi connectivity index (χ4n) is 4.09. The SMILES string of the molecule is Cc1cc(C)c2nc(-c3ccc(Cl)cc3)c(C)c(C(=O)NC(C)c3ccccc3)c2c1. The fourth-order valence-corrected chi connectivity index (χ4v) is 4.22. The highest BCUT2D eigenvalue weighted by Crippen LogP contribution is 2.32. The van der Waals surface area contributed by atoms with Crippen molar-refractivity contribution in [3.05, 3.63) is 99.6 Å². The molecule has 0 spiro atoms. The van der Waals surface area contributed by atoms with E-state index in [4.69, 9.17) is 16.6 Å². The number of amides is 1. The Balaban J connectivity index is 1.88. The van der Waals surface area contributed by atoms with Gasteiger partial charge in [-0.05, 0) is 62.6 Å². The van der Waals surface area contributed by atoms with Gasteiger partial charge >= 0.3 is 0 Å². The zero-order valence-electron chi connectivity index (χ0n) is 18.2. The zero-order chi connectivity index (χ0) is 22.1. The monoisotopic (exact) mass is 428 g/mol. The van der Waals surface area contributed by atoms with Crippen LogP contribution < -0.4 is 5.32 Å². The summed E-state index contributed by atoms with van der Waals surface area (Å²) in [6, 6.07) is 21.6. The van der Waals surface area contributed by atoms with Crippen LogP contribution in [0.3, 0.4) is 0 Å². The van der Waals surface area contributed by atoms with E-state index in [1.54, 1.807) is 0 Å². The lowest BCUT2D eigenvalue weighted by Crippen LogP contribution is -2.28. The van der Waals surface area contributed by atoms with Gasteiger partial charge in [-0.3, -0.25) is 4.79 Å². The van der Waals surface area contributed by atoms with Crippen molar-refractivity contribution >= 4 is 28.4 Å². The van der Waals surface area contributed by atoms with Crippen molar-refractivity contribution in [2.75, 3.05) is 0 Å². The first-order valence-corrected chi connectivity index (χ1v) is 10.8. The Bertz CT molecular complexity index is 1260. The van der Waals surface area contributed by atoms with Gasteiger partial charge in [-0.15, -0.1) is 0 Å². The molecule has 1 aromatic heterocycles. The first-order valence-electron chi connectivity index (χ1n) is 10.4. The predicted molar refractivity (Wildman–Crippen MR) is 129 cm³/mol. The first kappa shape index (κ1) is 21.1. The van der Waals surface area contributed by atoms with Gasteiger partial charge in [0.05, 0.1) is 22.8 Å². The molecule has 0 fully saturated rings. The molecule has 0 saturated heterocycles. The molecule has 0 aliphatic carbocycles. The number of halogens is 1. The Hall–Kier alpha value is -3.17. The summed E-state index contributed by atoms with van der Waals surface area (Å²) in [5.41, 5.74) is 7.34. The average molecular weight is 429 g/mol. The molecular weight excluding hydrogens is 404 g/mol. The predicted octanol–water partition coefficient (Wildman–Crippen LogP) is 6.97. The highest BCUT2D eigenvalue weighted by Gasteiger charge is 2.21. The Labute approximate surface area is 188 Å². The molecule has 4 aromatic rings. The summed E-state index contributed by atoms with van der Waals surface area (Å²) >= 11 is 6.09. The van der Waals surface area contributed by atoms with Crippen molar-refractivity contribution in [1.82, 2.24) is 10.3 Å². The van der Waals surface area contributed by atoms with Crippen molar-refractivity contribution < 1.29 is 4.79 Å². The molecule has 3 aromatic carbocycles. The van der Waals surface area contributed by atoms with Gasteiger partial charge in [0.1, 0.15) is 0 Å². The topological polar surface area (TPSA) is 42.0 Å². The maximum atomic E-state index is 13.6. The highest BCUT2D eigenvalue weighted by atomic mass is 35.5. The van der Waals surface area contributed by atoms with Gasteiger partial charge in [-0.2, -0.15) is 0 Å². The van der Waals surface area contributed by atoms with E-state index >= 15 is 0 Å². The molecule has 156 valence electrons. The Kier molecular flexibility index (Phi) is 5.79. The standard InChI is InChI=1S/C27H25ClN2O/c1-16-14-17(2)25-23(15-16)24(27(31)29-19(4)20-8-6-5-7-9-20)18(3)26(30-25)21-10-12-22(28)13-11-21/h5-15,19H,1-4H3,(H,29,31). The van der Waals surface area contributed by atoms with Gasteiger partial charge in [-0.25, -0.2) is 4.98 Å². The van der Waals surface area contributed by atoms with Crippen LogP contribution in [0.4, 0.5) is 0 Å². The number of pyridine rings is 1. The number of nitrogens with one attached hydrogen (secondary N) is 1. The van der Waals surface area contributed by atoms with Crippen LogP contribution in [0.25, 0.3) is 22.2 Å². The maximum Gasteiger partial charge on any atom is 0.252 e. The minimum Gasteiger partial charge on any atom is -0.345 e. The van der Waals surface area contributed by atoms with E-state index in [1.807, 2.05) is 82.3 Å². The van der Waals surface area contributed by atoms with E-state index in [0.29, 0.717) is 10.6 Å². The van der Waals surface area contributed by atoms with E-state index in [1.165, 1.54) is 0 Å². The molecule has 1 heterocycles. The van der Waals surface area contributed by atoms with Gasteiger partial charge < -0.3 is 5.32 Å². The summed E-state index contributed by atoms with van der Waals surface area (Å²) in [6.45, 7) is 8.06. The third kappa shape index (κ3) is 4.19. The Morgan fingerprint density at radius 3 is 2.32 bits per heavy atom. The van der Waals surface area contributed by atoms with Gasteiger partial charge in [-0.1, -0.05) is 65.7 Å². The number of hydrogen-bond acceptors (Lipinski definition) is 2. The van der Waals surface area contributed by atoms with Gasteiger partial charge in [0, 0.05) is 16.0 Å². The average Bonchev–Trinajstić information content (AvgIpc) is 2.74. The third-order valence-corrected chi connectivity index (χ3v) is 5.91. The number of benzene rings is 3. The number of carbonyl (C=O) groups is 1. The van der Waals surface area contributed by atoms with Crippen LogP contribution >= 0.6 is 11.6 Å². The van der Waals surface area contributed by atoms with Crippen LogP contribution in [0, 0.1) is 20.8 Å². The van der Waals surface area contributed by atoms with Gasteiger partial charge in [0.15, 0.2) is 0 Å². The summed E-state index contributed by atoms with van der Waals surface area (Å²) in [6.07, 6.45) is 0. The second kappa shape index (κ2) is 8.52. The van der Waals surface area contributed by atoms with Crippen LogP contribution in [0.2, 0.25) is 5.02 Å².